The molecule has 3 aromatic carbocycles. The van der Waals surface area contributed by atoms with Gasteiger partial charge in [0, 0.05) is 12.1 Å². The van der Waals surface area contributed by atoms with Crippen LogP contribution in [-0.2, 0) is 16.2 Å². The second-order valence-electron chi connectivity index (χ2n) is 8.25. The summed E-state index contributed by atoms with van der Waals surface area (Å²) in [5.74, 6) is -1.06. The summed E-state index contributed by atoms with van der Waals surface area (Å²) < 4.78 is 6.95. The lowest BCUT2D eigenvalue weighted by Crippen LogP contribution is -2.54. The SMILES string of the molecule is Cc1ccc(N2C(=O)NC(=O)/C(=C\c3cc(Br)c(OCc4ccc([N+](=O)[O-])cc4)c(Br)c3)C2=O)cc1C. The molecule has 37 heavy (non-hydrogen) atoms. The molecule has 0 radical (unpaired) electrons. The van der Waals surface area contributed by atoms with Crippen LogP contribution >= 0.6 is 31.9 Å². The molecule has 188 valence electrons. The number of ether oxygens (including phenoxy) is 1. The Bertz CT molecular complexity index is 1460. The number of anilines is 1. The van der Waals surface area contributed by atoms with Crippen molar-refractivity contribution in [1.82, 2.24) is 5.32 Å². The van der Waals surface area contributed by atoms with Gasteiger partial charge in [0.1, 0.15) is 17.9 Å². The average Bonchev–Trinajstić information content (AvgIpc) is 2.83. The van der Waals surface area contributed by atoms with Gasteiger partial charge in [-0.1, -0.05) is 6.07 Å². The number of nitrogens with zero attached hydrogens (tertiary/aromatic N) is 2. The van der Waals surface area contributed by atoms with Crippen molar-refractivity contribution < 1.29 is 24.0 Å². The number of nitro benzene ring substituents is 1. The van der Waals surface area contributed by atoms with Crippen molar-refractivity contribution in [2.45, 2.75) is 20.5 Å². The minimum atomic E-state index is -0.812. The number of carbonyl (C=O) groups is 3. The molecular weight excluding hydrogens is 610 g/mol. The third kappa shape index (κ3) is 5.62. The predicted molar refractivity (Wildman–Crippen MR) is 144 cm³/mol. The van der Waals surface area contributed by atoms with Crippen molar-refractivity contribution in [2.75, 3.05) is 4.90 Å². The quantitative estimate of drug-likeness (QED) is 0.155. The molecule has 0 spiro atoms. The van der Waals surface area contributed by atoms with Gasteiger partial charge in [-0.15, -0.1) is 0 Å². The first-order valence-electron chi connectivity index (χ1n) is 10.9. The molecule has 1 aliphatic rings. The van der Waals surface area contributed by atoms with Crippen molar-refractivity contribution in [3.05, 3.63) is 101 Å². The predicted octanol–water partition coefficient (Wildman–Crippen LogP) is 5.98. The summed E-state index contributed by atoms with van der Waals surface area (Å²) >= 11 is 6.89. The zero-order valence-corrected chi connectivity index (χ0v) is 22.8. The highest BCUT2D eigenvalue weighted by Crippen LogP contribution is 2.36. The van der Waals surface area contributed by atoms with Gasteiger partial charge in [-0.2, -0.15) is 0 Å². The highest BCUT2D eigenvalue weighted by atomic mass is 79.9. The fraction of sp³-hybridized carbons (Fsp3) is 0.115. The normalized spacial score (nSPS) is 14.6. The van der Waals surface area contributed by atoms with Crippen LogP contribution in [0.4, 0.5) is 16.2 Å². The van der Waals surface area contributed by atoms with Crippen LogP contribution in [0, 0.1) is 24.0 Å². The van der Waals surface area contributed by atoms with E-state index in [0.29, 0.717) is 25.9 Å². The molecule has 0 aliphatic carbocycles. The molecule has 3 aromatic rings. The molecule has 11 heteroatoms. The van der Waals surface area contributed by atoms with E-state index in [1.807, 2.05) is 13.8 Å². The first-order chi connectivity index (χ1) is 17.5. The summed E-state index contributed by atoms with van der Waals surface area (Å²) in [6.45, 7) is 3.94. The number of carbonyl (C=O) groups excluding carboxylic acids is 3. The molecular formula is C26H19Br2N3O6. The zero-order chi connectivity index (χ0) is 26.9. The second-order valence-corrected chi connectivity index (χ2v) is 9.96. The van der Waals surface area contributed by atoms with E-state index in [2.05, 4.69) is 37.2 Å². The van der Waals surface area contributed by atoms with Gasteiger partial charge in [0.15, 0.2) is 0 Å². The molecule has 9 nitrogen and oxygen atoms in total. The fourth-order valence-electron chi connectivity index (χ4n) is 3.59. The summed E-state index contributed by atoms with van der Waals surface area (Å²) in [6.07, 6.45) is 1.40. The van der Waals surface area contributed by atoms with Crippen LogP contribution in [0.25, 0.3) is 6.08 Å². The third-order valence-corrected chi connectivity index (χ3v) is 6.89. The van der Waals surface area contributed by atoms with Crippen molar-refractivity contribution in [3.63, 3.8) is 0 Å². The highest BCUT2D eigenvalue weighted by molar-refractivity contribution is 9.11. The number of benzene rings is 3. The Kier molecular flexibility index (Phi) is 7.55. The number of hydrogen-bond acceptors (Lipinski definition) is 6. The smallest absolute Gasteiger partial charge is 0.335 e. The van der Waals surface area contributed by atoms with Gasteiger partial charge in [0.05, 0.1) is 19.6 Å². The minimum Gasteiger partial charge on any atom is -0.487 e. The lowest BCUT2D eigenvalue weighted by molar-refractivity contribution is -0.384. The van der Waals surface area contributed by atoms with Gasteiger partial charge >= 0.3 is 6.03 Å². The van der Waals surface area contributed by atoms with E-state index in [4.69, 9.17) is 4.74 Å². The monoisotopic (exact) mass is 627 g/mol. The van der Waals surface area contributed by atoms with E-state index in [0.717, 1.165) is 21.6 Å². The third-order valence-electron chi connectivity index (χ3n) is 5.71. The van der Waals surface area contributed by atoms with Gasteiger partial charge < -0.3 is 4.74 Å². The van der Waals surface area contributed by atoms with E-state index in [1.54, 1.807) is 42.5 Å². The summed E-state index contributed by atoms with van der Waals surface area (Å²) in [7, 11) is 0. The van der Waals surface area contributed by atoms with Crippen LogP contribution in [-0.4, -0.2) is 22.8 Å². The van der Waals surface area contributed by atoms with E-state index in [9.17, 15) is 24.5 Å². The van der Waals surface area contributed by atoms with Crippen LogP contribution in [0.1, 0.15) is 22.3 Å². The van der Waals surface area contributed by atoms with Crippen LogP contribution in [0.2, 0.25) is 0 Å². The highest BCUT2D eigenvalue weighted by Gasteiger charge is 2.37. The molecule has 1 saturated heterocycles. The van der Waals surface area contributed by atoms with E-state index >= 15 is 0 Å². The van der Waals surface area contributed by atoms with Crippen molar-refractivity contribution in [2.24, 2.45) is 0 Å². The van der Waals surface area contributed by atoms with Gasteiger partial charge in [0.2, 0.25) is 0 Å². The maximum absolute atomic E-state index is 13.2. The number of halogens is 2. The maximum Gasteiger partial charge on any atom is 0.335 e. The van der Waals surface area contributed by atoms with Gasteiger partial charge in [0.25, 0.3) is 17.5 Å². The number of nitrogens with one attached hydrogen (secondary N) is 1. The lowest BCUT2D eigenvalue weighted by Gasteiger charge is -2.27. The topological polar surface area (TPSA) is 119 Å². The number of aryl methyl sites for hydroxylation is 2. The first kappa shape index (κ1) is 26.2. The van der Waals surface area contributed by atoms with E-state index in [1.165, 1.54) is 18.2 Å². The van der Waals surface area contributed by atoms with Crippen LogP contribution < -0.4 is 15.0 Å². The number of non-ortho nitro benzene ring substituents is 1. The Morgan fingerprint density at radius 2 is 1.62 bits per heavy atom. The Balaban J connectivity index is 1.58. The molecule has 0 atom stereocenters. The molecule has 1 fully saturated rings. The molecule has 1 N–H and O–H groups in total. The second kappa shape index (κ2) is 10.7. The summed E-state index contributed by atoms with van der Waals surface area (Å²) in [5.41, 5.74) is 3.30. The average molecular weight is 629 g/mol. The lowest BCUT2D eigenvalue weighted by atomic mass is 10.0. The summed E-state index contributed by atoms with van der Waals surface area (Å²) in [6, 6.07) is 13.7. The van der Waals surface area contributed by atoms with Gasteiger partial charge in [-0.05, 0) is 110 Å². The minimum absolute atomic E-state index is 0.0115. The molecule has 4 rings (SSSR count). The molecule has 0 aromatic heterocycles. The number of amides is 4. The maximum atomic E-state index is 13.2. The Morgan fingerprint density at radius 1 is 0.973 bits per heavy atom. The van der Waals surface area contributed by atoms with E-state index in [-0.39, 0.29) is 17.9 Å². The van der Waals surface area contributed by atoms with Crippen LogP contribution in [0.5, 0.6) is 5.75 Å². The first-order valence-corrected chi connectivity index (χ1v) is 12.5. The fourth-order valence-corrected chi connectivity index (χ4v) is 5.04. The Hall–Kier alpha value is -3.83. The van der Waals surface area contributed by atoms with Gasteiger partial charge in [-0.25, -0.2) is 9.69 Å². The molecule has 0 unspecified atom stereocenters. The number of hydrogen-bond donors (Lipinski definition) is 1. The molecule has 1 heterocycles. The summed E-state index contributed by atoms with van der Waals surface area (Å²) in [4.78, 5) is 49.5. The number of imide groups is 2. The van der Waals surface area contributed by atoms with Crippen molar-refractivity contribution >= 4 is 67.2 Å². The number of urea groups is 1. The van der Waals surface area contributed by atoms with Crippen LogP contribution in [0.15, 0.2) is 69.1 Å². The molecule has 0 bridgehead atoms. The standard InChI is InChI=1S/C26H19Br2N3O6/c1-14-3-6-19(9-15(14)2)30-25(33)20(24(32)29-26(30)34)10-17-11-21(27)23(22(28)12-17)37-13-16-4-7-18(8-5-16)31(35)36/h3-12H,13H2,1-2H3,(H,29,32,34)/b20-10+. The van der Waals surface area contributed by atoms with Crippen LogP contribution in [0.3, 0.4) is 0 Å². The number of rotatable bonds is 6. The Morgan fingerprint density at radius 3 is 2.22 bits per heavy atom. The summed E-state index contributed by atoms with van der Waals surface area (Å²) in [5, 5.41) is 13.0. The van der Waals surface area contributed by atoms with Gasteiger partial charge in [-0.3, -0.25) is 25.0 Å². The molecule has 4 amide bonds. The largest absolute Gasteiger partial charge is 0.487 e. The number of barbiturate groups is 1. The Labute approximate surface area is 228 Å². The van der Waals surface area contributed by atoms with E-state index < -0.39 is 22.8 Å². The number of nitro groups is 1. The van der Waals surface area contributed by atoms with Crippen molar-refractivity contribution in [1.29, 1.82) is 0 Å². The van der Waals surface area contributed by atoms with Crippen molar-refractivity contribution in [3.8, 4) is 5.75 Å². The molecule has 0 saturated carbocycles. The zero-order valence-electron chi connectivity index (χ0n) is 19.6. The molecule has 1 aliphatic heterocycles.